The van der Waals surface area contributed by atoms with Crippen LogP contribution in [0, 0.1) is 0 Å². The van der Waals surface area contributed by atoms with E-state index in [-0.39, 0.29) is 11.7 Å². The van der Waals surface area contributed by atoms with Crippen molar-refractivity contribution in [3.8, 4) is 5.75 Å². The van der Waals surface area contributed by atoms with E-state index in [2.05, 4.69) is 10.2 Å². The van der Waals surface area contributed by atoms with Gasteiger partial charge in [0.1, 0.15) is 5.75 Å². The lowest BCUT2D eigenvalue weighted by molar-refractivity contribution is 0.344. The zero-order chi connectivity index (χ0) is 14.5. The van der Waals surface area contributed by atoms with Gasteiger partial charge in [-0.15, -0.1) is 5.10 Å². The fourth-order valence-corrected chi connectivity index (χ4v) is 2.64. The average molecular weight is 294 g/mol. The van der Waals surface area contributed by atoms with Crippen LogP contribution in [0.1, 0.15) is 19.9 Å². The predicted octanol–water partition coefficient (Wildman–Crippen LogP) is 1.91. The van der Waals surface area contributed by atoms with Crippen LogP contribution < -0.4 is 16.2 Å². The molecule has 2 aromatic rings. The highest BCUT2D eigenvalue weighted by atomic mass is 32.2. The molecule has 0 aliphatic carbocycles. The Kier molecular flexibility index (Phi) is 4.73. The Bertz CT molecular complexity index is 621. The van der Waals surface area contributed by atoms with Gasteiger partial charge in [0.05, 0.1) is 6.61 Å². The maximum Gasteiger partial charge on any atom is 0.344 e. The smallest absolute Gasteiger partial charge is 0.344 e. The molecule has 0 atom stereocenters. The van der Waals surface area contributed by atoms with Gasteiger partial charge in [0.25, 0.3) is 0 Å². The quantitative estimate of drug-likeness (QED) is 0.483. The first-order valence-electron chi connectivity index (χ1n) is 6.36. The van der Waals surface area contributed by atoms with Crippen molar-refractivity contribution < 1.29 is 4.74 Å². The Hall–Kier alpha value is -1.89. The van der Waals surface area contributed by atoms with Gasteiger partial charge >= 0.3 is 5.69 Å². The number of benzene rings is 1. The van der Waals surface area contributed by atoms with Crippen LogP contribution in [-0.2, 0) is 0 Å². The molecule has 3 N–H and O–H groups in total. The highest BCUT2D eigenvalue weighted by Crippen LogP contribution is 2.18. The second-order valence-electron chi connectivity index (χ2n) is 4.54. The Balaban J connectivity index is 1.86. The van der Waals surface area contributed by atoms with E-state index in [0.29, 0.717) is 23.2 Å². The topological polar surface area (TPSA) is 85.9 Å². The van der Waals surface area contributed by atoms with E-state index in [4.69, 9.17) is 10.5 Å². The zero-order valence-corrected chi connectivity index (χ0v) is 12.3. The molecule has 1 aromatic heterocycles. The van der Waals surface area contributed by atoms with Crippen molar-refractivity contribution in [2.45, 2.75) is 25.0 Å². The zero-order valence-electron chi connectivity index (χ0n) is 11.5. The second kappa shape index (κ2) is 6.51. The van der Waals surface area contributed by atoms with Crippen LogP contribution in [0.15, 0.2) is 34.2 Å². The van der Waals surface area contributed by atoms with E-state index in [1.165, 1.54) is 11.8 Å². The van der Waals surface area contributed by atoms with Crippen molar-refractivity contribution in [2.24, 2.45) is 0 Å². The van der Waals surface area contributed by atoms with Gasteiger partial charge in [-0.05, 0) is 26.0 Å². The summed E-state index contributed by atoms with van der Waals surface area (Å²) in [5.74, 6) is 1.44. The maximum absolute atomic E-state index is 11.6. The molecule has 0 aliphatic rings. The van der Waals surface area contributed by atoms with Gasteiger partial charge < -0.3 is 10.5 Å². The number of H-pyrrole nitrogens is 1. The summed E-state index contributed by atoms with van der Waals surface area (Å²) < 4.78 is 7.22. The van der Waals surface area contributed by atoms with Crippen molar-refractivity contribution >= 4 is 17.4 Å². The van der Waals surface area contributed by atoms with Crippen LogP contribution in [0.3, 0.4) is 0 Å². The van der Waals surface area contributed by atoms with E-state index in [9.17, 15) is 4.79 Å². The number of nitrogens with two attached hydrogens (primary N) is 1. The van der Waals surface area contributed by atoms with E-state index in [1.54, 1.807) is 10.6 Å². The Morgan fingerprint density at radius 1 is 1.50 bits per heavy atom. The average Bonchev–Trinajstić information content (AvgIpc) is 2.76. The molecule has 1 heterocycles. The Morgan fingerprint density at radius 3 is 3.00 bits per heavy atom. The minimum Gasteiger partial charge on any atom is -0.493 e. The summed E-state index contributed by atoms with van der Waals surface area (Å²) in [5.41, 5.74) is 6.17. The molecular weight excluding hydrogens is 276 g/mol. The van der Waals surface area contributed by atoms with E-state index in [1.807, 2.05) is 32.0 Å². The summed E-state index contributed by atoms with van der Waals surface area (Å²) >= 11 is 1.48. The minimum absolute atomic E-state index is 0.0820. The van der Waals surface area contributed by atoms with Crippen LogP contribution in [0.4, 0.5) is 5.69 Å². The van der Waals surface area contributed by atoms with Crippen molar-refractivity contribution in [3.63, 3.8) is 0 Å². The van der Waals surface area contributed by atoms with Gasteiger partial charge in [-0.25, -0.2) is 9.89 Å². The molecule has 0 radical (unpaired) electrons. The molecule has 0 spiro atoms. The third-order valence-electron chi connectivity index (χ3n) is 2.63. The lowest BCUT2D eigenvalue weighted by atomic mass is 10.3. The van der Waals surface area contributed by atoms with Gasteiger partial charge in [0.15, 0.2) is 5.16 Å². The number of hydrogen-bond donors (Lipinski definition) is 2. The standard InChI is InChI=1S/C13H18N4O2S/c1-9(2)17-12(18)15-16-13(17)20-7-6-19-11-5-3-4-10(14)8-11/h3-5,8-9H,6-7,14H2,1-2H3,(H,15,18). The summed E-state index contributed by atoms with van der Waals surface area (Å²) in [5, 5.41) is 7.15. The number of nitrogens with one attached hydrogen (secondary N) is 1. The highest BCUT2D eigenvalue weighted by Gasteiger charge is 2.11. The highest BCUT2D eigenvalue weighted by molar-refractivity contribution is 7.99. The molecule has 0 unspecified atom stereocenters. The summed E-state index contributed by atoms with van der Waals surface area (Å²) in [6, 6.07) is 7.39. The first-order chi connectivity index (χ1) is 9.58. The number of nitrogens with zero attached hydrogens (tertiary/aromatic N) is 2. The Labute approximate surface area is 121 Å². The summed E-state index contributed by atoms with van der Waals surface area (Å²) in [6.07, 6.45) is 0. The molecule has 0 aliphatic heterocycles. The maximum atomic E-state index is 11.6. The summed E-state index contributed by atoms with van der Waals surface area (Å²) in [7, 11) is 0. The number of rotatable bonds is 6. The molecule has 7 heteroatoms. The third-order valence-corrected chi connectivity index (χ3v) is 3.55. The molecule has 0 bridgehead atoms. The molecule has 0 saturated heterocycles. The van der Waals surface area contributed by atoms with Crippen LogP contribution in [0.2, 0.25) is 0 Å². The van der Waals surface area contributed by atoms with E-state index >= 15 is 0 Å². The molecule has 20 heavy (non-hydrogen) atoms. The first-order valence-corrected chi connectivity index (χ1v) is 7.34. The lowest BCUT2D eigenvalue weighted by Crippen LogP contribution is -2.19. The van der Waals surface area contributed by atoms with Crippen LogP contribution in [-0.4, -0.2) is 27.1 Å². The molecule has 108 valence electrons. The molecule has 0 fully saturated rings. The van der Waals surface area contributed by atoms with E-state index < -0.39 is 0 Å². The van der Waals surface area contributed by atoms with Gasteiger partial charge in [-0.1, -0.05) is 17.8 Å². The van der Waals surface area contributed by atoms with Crippen LogP contribution in [0.25, 0.3) is 0 Å². The van der Waals surface area contributed by atoms with Crippen molar-refractivity contribution in [1.29, 1.82) is 0 Å². The number of anilines is 1. The fraction of sp³-hybridized carbons (Fsp3) is 0.385. The number of hydrogen-bond acceptors (Lipinski definition) is 5. The van der Waals surface area contributed by atoms with Gasteiger partial charge in [0.2, 0.25) is 0 Å². The van der Waals surface area contributed by atoms with E-state index in [0.717, 1.165) is 5.75 Å². The normalized spacial score (nSPS) is 10.9. The van der Waals surface area contributed by atoms with Gasteiger partial charge in [-0.3, -0.25) is 4.57 Å². The third kappa shape index (κ3) is 3.57. The monoisotopic (exact) mass is 294 g/mol. The minimum atomic E-state index is -0.181. The second-order valence-corrected chi connectivity index (χ2v) is 5.61. The number of aromatic amines is 1. The molecule has 0 saturated carbocycles. The van der Waals surface area contributed by atoms with Crippen LogP contribution in [0.5, 0.6) is 5.75 Å². The summed E-state index contributed by atoms with van der Waals surface area (Å²) in [4.78, 5) is 11.6. The first kappa shape index (κ1) is 14.5. The predicted molar refractivity (Wildman–Crippen MR) is 80.3 cm³/mol. The van der Waals surface area contributed by atoms with Crippen LogP contribution >= 0.6 is 11.8 Å². The lowest BCUT2D eigenvalue weighted by Gasteiger charge is -2.09. The number of aromatic nitrogens is 3. The molecule has 0 amide bonds. The molecule has 2 rings (SSSR count). The fourth-order valence-electron chi connectivity index (χ4n) is 1.74. The van der Waals surface area contributed by atoms with Gasteiger partial charge in [-0.2, -0.15) is 0 Å². The Morgan fingerprint density at radius 2 is 2.30 bits per heavy atom. The van der Waals surface area contributed by atoms with Crippen molar-refractivity contribution in [3.05, 3.63) is 34.7 Å². The summed E-state index contributed by atoms with van der Waals surface area (Å²) in [6.45, 7) is 4.42. The van der Waals surface area contributed by atoms with Gasteiger partial charge in [0, 0.05) is 23.5 Å². The number of ether oxygens (including phenoxy) is 1. The molecule has 1 aromatic carbocycles. The largest absolute Gasteiger partial charge is 0.493 e. The number of thioether (sulfide) groups is 1. The number of nitrogen functional groups attached to an aromatic ring is 1. The molecular formula is C13H18N4O2S. The van der Waals surface area contributed by atoms with Crippen molar-refractivity contribution in [1.82, 2.24) is 14.8 Å². The SMILES string of the molecule is CC(C)n1c(SCCOc2cccc(N)c2)n[nH]c1=O. The van der Waals surface area contributed by atoms with Crippen molar-refractivity contribution in [2.75, 3.05) is 18.1 Å². The molecule has 6 nitrogen and oxygen atoms in total.